The number of para-hydroxylation sites is 1. The number of nitrogens with one attached hydrogen (secondary N) is 2. The Balaban J connectivity index is 1.95. The molecular formula is C26H25ClN2O5. The highest BCUT2D eigenvalue weighted by atomic mass is 35.5. The number of aryl methyl sites for hydroxylation is 1. The van der Waals surface area contributed by atoms with E-state index in [1.54, 1.807) is 54.6 Å². The van der Waals surface area contributed by atoms with E-state index >= 15 is 0 Å². The van der Waals surface area contributed by atoms with Gasteiger partial charge in [0.1, 0.15) is 11.4 Å². The summed E-state index contributed by atoms with van der Waals surface area (Å²) in [6.45, 7) is 1.87. The summed E-state index contributed by atoms with van der Waals surface area (Å²) >= 11 is 6.19. The molecule has 0 spiro atoms. The second-order valence-corrected chi connectivity index (χ2v) is 7.65. The Morgan fingerprint density at radius 1 is 0.853 bits per heavy atom. The highest BCUT2D eigenvalue weighted by Gasteiger charge is 2.18. The molecule has 0 aliphatic carbocycles. The monoisotopic (exact) mass is 480 g/mol. The van der Waals surface area contributed by atoms with Crippen LogP contribution < -0.4 is 24.8 Å². The summed E-state index contributed by atoms with van der Waals surface area (Å²) in [4.78, 5) is 26.2. The molecular weight excluding hydrogens is 456 g/mol. The molecule has 0 radical (unpaired) electrons. The zero-order chi connectivity index (χ0) is 24.7. The molecule has 3 aromatic carbocycles. The van der Waals surface area contributed by atoms with E-state index in [0.717, 1.165) is 5.56 Å². The van der Waals surface area contributed by atoms with Crippen molar-refractivity contribution in [1.29, 1.82) is 0 Å². The summed E-state index contributed by atoms with van der Waals surface area (Å²) in [5.41, 5.74) is 2.29. The van der Waals surface area contributed by atoms with E-state index in [9.17, 15) is 9.59 Å². The van der Waals surface area contributed by atoms with Crippen molar-refractivity contribution < 1.29 is 23.8 Å². The fraction of sp³-hybridized carbons (Fsp3) is 0.154. The Morgan fingerprint density at radius 2 is 1.56 bits per heavy atom. The quantitative estimate of drug-likeness (QED) is 0.439. The van der Waals surface area contributed by atoms with Crippen molar-refractivity contribution in [2.75, 3.05) is 26.6 Å². The van der Waals surface area contributed by atoms with Crippen LogP contribution >= 0.6 is 11.6 Å². The predicted octanol–water partition coefficient (Wildman–Crippen LogP) is 5.08. The van der Waals surface area contributed by atoms with Gasteiger partial charge in [-0.15, -0.1) is 0 Å². The van der Waals surface area contributed by atoms with E-state index in [1.807, 2.05) is 13.0 Å². The number of halogens is 1. The van der Waals surface area contributed by atoms with Crippen molar-refractivity contribution in [3.63, 3.8) is 0 Å². The van der Waals surface area contributed by atoms with Crippen LogP contribution in [0.1, 0.15) is 21.5 Å². The number of methoxy groups -OCH3 is 3. The molecule has 3 rings (SSSR count). The standard InChI is InChI=1S/C26H25ClN2O5/c1-16-9-11-19(15-20(16)27)28-26(31)21(13-17-7-5-6-8-22(17)32-2)29-25(30)18-10-12-23(33-3)24(14-18)34-4/h5-15H,1-4H3,(H,28,31)(H,29,30)/b21-13-. The molecule has 0 heterocycles. The molecule has 0 saturated heterocycles. The first-order valence-electron chi connectivity index (χ1n) is 10.3. The van der Waals surface area contributed by atoms with Crippen LogP contribution in [0, 0.1) is 6.92 Å². The second-order valence-electron chi connectivity index (χ2n) is 7.24. The van der Waals surface area contributed by atoms with Gasteiger partial charge in [0.15, 0.2) is 11.5 Å². The molecule has 8 heteroatoms. The number of carbonyl (C=O) groups is 2. The van der Waals surface area contributed by atoms with E-state index in [-0.39, 0.29) is 11.3 Å². The fourth-order valence-electron chi connectivity index (χ4n) is 3.14. The Bertz CT molecular complexity index is 1240. The molecule has 7 nitrogen and oxygen atoms in total. The minimum atomic E-state index is -0.528. The van der Waals surface area contributed by atoms with Crippen molar-refractivity contribution in [3.8, 4) is 17.2 Å². The number of hydrogen-bond donors (Lipinski definition) is 2. The molecule has 0 aliphatic rings. The fourth-order valence-corrected chi connectivity index (χ4v) is 3.32. The van der Waals surface area contributed by atoms with Crippen molar-refractivity contribution in [3.05, 3.63) is 88.1 Å². The van der Waals surface area contributed by atoms with Crippen molar-refractivity contribution in [2.24, 2.45) is 0 Å². The van der Waals surface area contributed by atoms with Gasteiger partial charge in [-0.05, 0) is 55.0 Å². The van der Waals surface area contributed by atoms with Crippen LogP contribution in [0.5, 0.6) is 17.2 Å². The van der Waals surface area contributed by atoms with E-state index < -0.39 is 11.8 Å². The van der Waals surface area contributed by atoms with Gasteiger partial charge in [0.2, 0.25) is 0 Å². The lowest BCUT2D eigenvalue weighted by molar-refractivity contribution is -0.113. The minimum Gasteiger partial charge on any atom is -0.496 e. The Labute approximate surface area is 203 Å². The molecule has 0 aromatic heterocycles. The van der Waals surface area contributed by atoms with Gasteiger partial charge in [-0.2, -0.15) is 0 Å². The average molecular weight is 481 g/mol. The number of ether oxygens (including phenoxy) is 3. The molecule has 0 fully saturated rings. The van der Waals surface area contributed by atoms with Crippen LogP contribution in [0.4, 0.5) is 5.69 Å². The molecule has 3 aromatic rings. The third-order valence-electron chi connectivity index (χ3n) is 5.01. The average Bonchev–Trinajstić information content (AvgIpc) is 2.85. The number of amides is 2. The molecule has 0 atom stereocenters. The van der Waals surface area contributed by atoms with E-state index in [4.69, 9.17) is 25.8 Å². The van der Waals surface area contributed by atoms with E-state index in [2.05, 4.69) is 10.6 Å². The topological polar surface area (TPSA) is 85.9 Å². The SMILES string of the molecule is COc1ccccc1/C=C(\NC(=O)c1ccc(OC)c(OC)c1)C(=O)Nc1ccc(C)c(Cl)c1. The van der Waals surface area contributed by atoms with Gasteiger partial charge in [-0.1, -0.05) is 35.9 Å². The number of rotatable bonds is 8. The van der Waals surface area contributed by atoms with Gasteiger partial charge in [-0.25, -0.2) is 0 Å². The van der Waals surface area contributed by atoms with Crippen LogP contribution in [0.2, 0.25) is 5.02 Å². The zero-order valence-electron chi connectivity index (χ0n) is 19.3. The molecule has 2 N–H and O–H groups in total. The van der Waals surface area contributed by atoms with Gasteiger partial charge in [0.05, 0.1) is 21.3 Å². The molecule has 0 aliphatic heterocycles. The minimum absolute atomic E-state index is 0.0148. The number of anilines is 1. The molecule has 0 saturated carbocycles. The summed E-state index contributed by atoms with van der Waals surface area (Å²) in [5, 5.41) is 5.98. The maximum Gasteiger partial charge on any atom is 0.272 e. The van der Waals surface area contributed by atoms with Crippen molar-refractivity contribution in [1.82, 2.24) is 5.32 Å². The van der Waals surface area contributed by atoms with Crippen LogP contribution in [0.25, 0.3) is 6.08 Å². The van der Waals surface area contributed by atoms with Gasteiger partial charge >= 0.3 is 0 Å². The van der Waals surface area contributed by atoms with Crippen LogP contribution in [0.15, 0.2) is 66.4 Å². The van der Waals surface area contributed by atoms with Gasteiger partial charge in [0.25, 0.3) is 11.8 Å². The summed E-state index contributed by atoms with van der Waals surface area (Å²) in [5.74, 6) is 0.396. The Hall–Kier alpha value is -3.97. The van der Waals surface area contributed by atoms with Gasteiger partial charge < -0.3 is 24.8 Å². The molecule has 0 bridgehead atoms. The lowest BCUT2D eigenvalue weighted by Crippen LogP contribution is -2.30. The Kier molecular flexibility index (Phi) is 8.16. The van der Waals surface area contributed by atoms with Crippen LogP contribution in [-0.4, -0.2) is 33.1 Å². The van der Waals surface area contributed by atoms with E-state index in [1.165, 1.54) is 27.4 Å². The molecule has 0 unspecified atom stereocenters. The lowest BCUT2D eigenvalue weighted by atomic mass is 10.1. The lowest BCUT2D eigenvalue weighted by Gasteiger charge is -2.14. The number of hydrogen-bond acceptors (Lipinski definition) is 5. The molecule has 34 heavy (non-hydrogen) atoms. The van der Waals surface area contributed by atoms with Crippen LogP contribution in [-0.2, 0) is 4.79 Å². The highest BCUT2D eigenvalue weighted by molar-refractivity contribution is 6.31. The zero-order valence-corrected chi connectivity index (χ0v) is 20.0. The summed E-state index contributed by atoms with van der Waals surface area (Å²) < 4.78 is 15.9. The van der Waals surface area contributed by atoms with Gasteiger partial charge in [0, 0.05) is 21.8 Å². The summed E-state index contributed by atoms with van der Waals surface area (Å²) in [7, 11) is 4.52. The first-order valence-corrected chi connectivity index (χ1v) is 10.7. The van der Waals surface area contributed by atoms with Crippen molar-refractivity contribution in [2.45, 2.75) is 6.92 Å². The maximum atomic E-state index is 13.2. The normalized spacial score (nSPS) is 10.9. The van der Waals surface area contributed by atoms with Gasteiger partial charge in [-0.3, -0.25) is 9.59 Å². The number of carbonyl (C=O) groups excluding carboxylic acids is 2. The van der Waals surface area contributed by atoms with Crippen molar-refractivity contribution >= 4 is 35.2 Å². The maximum absolute atomic E-state index is 13.2. The summed E-state index contributed by atoms with van der Waals surface area (Å²) in [6.07, 6.45) is 1.54. The number of benzene rings is 3. The third-order valence-corrected chi connectivity index (χ3v) is 5.41. The largest absolute Gasteiger partial charge is 0.496 e. The predicted molar refractivity (Wildman–Crippen MR) is 133 cm³/mol. The molecule has 2 amide bonds. The second kappa shape index (κ2) is 11.2. The highest BCUT2D eigenvalue weighted by Crippen LogP contribution is 2.28. The smallest absolute Gasteiger partial charge is 0.272 e. The third kappa shape index (κ3) is 5.88. The first kappa shape index (κ1) is 24.7. The van der Waals surface area contributed by atoms with Crippen LogP contribution in [0.3, 0.4) is 0 Å². The first-order chi connectivity index (χ1) is 16.4. The Morgan fingerprint density at radius 3 is 2.24 bits per heavy atom. The van der Waals surface area contributed by atoms with E-state index in [0.29, 0.717) is 33.5 Å². The summed E-state index contributed by atoms with van der Waals surface area (Å²) in [6, 6.07) is 17.1. The molecule has 176 valence electrons.